The predicted octanol–water partition coefficient (Wildman–Crippen LogP) is 3.62. The maximum absolute atomic E-state index is 12.7. The van der Waals surface area contributed by atoms with Gasteiger partial charge in [0.15, 0.2) is 0 Å². The SMILES string of the molecule is Cc1ccc(C)c(N(C)CC(=O)N2CCC(C(=O)Nc3ccccc3)CC2)c1. The molecule has 28 heavy (non-hydrogen) atoms. The second kappa shape index (κ2) is 8.91. The summed E-state index contributed by atoms with van der Waals surface area (Å²) < 4.78 is 0. The quantitative estimate of drug-likeness (QED) is 0.863. The Bertz CT molecular complexity index is 827. The molecule has 0 spiro atoms. The molecule has 0 aliphatic carbocycles. The Balaban J connectivity index is 1.51. The van der Waals surface area contributed by atoms with Crippen molar-refractivity contribution in [3.05, 3.63) is 59.7 Å². The molecule has 1 saturated heterocycles. The fraction of sp³-hybridized carbons (Fsp3) is 0.391. The number of benzene rings is 2. The van der Waals surface area contributed by atoms with Crippen LogP contribution in [0.15, 0.2) is 48.5 Å². The number of rotatable bonds is 5. The molecule has 5 nitrogen and oxygen atoms in total. The number of piperidine rings is 1. The number of likely N-dealkylation sites (N-methyl/N-ethyl adjacent to an activating group) is 1. The summed E-state index contributed by atoms with van der Waals surface area (Å²) in [6.07, 6.45) is 1.41. The number of nitrogens with zero attached hydrogens (tertiary/aromatic N) is 2. The average Bonchev–Trinajstić information content (AvgIpc) is 2.70. The van der Waals surface area contributed by atoms with Gasteiger partial charge in [-0.15, -0.1) is 0 Å². The third-order valence-electron chi connectivity index (χ3n) is 5.41. The van der Waals surface area contributed by atoms with Gasteiger partial charge in [0, 0.05) is 37.4 Å². The number of carbonyl (C=O) groups is 2. The van der Waals surface area contributed by atoms with E-state index in [9.17, 15) is 9.59 Å². The molecule has 0 radical (unpaired) electrons. The summed E-state index contributed by atoms with van der Waals surface area (Å²) in [5.41, 5.74) is 4.26. The van der Waals surface area contributed by atoms with E-state index in [-0.39, 0.29) is 17.7 Å². The Kier molecular flexibility index (Phi) is 6.34. The molecule has 2 aromatic rings. The number of nitrogens with one attached hydrogen (secondary N) is 1. The third kappa shape index (κ3) is 4.91. The number of anilines is 2. The number of amides is 2. The van der Waals surface area contributed by atoms with Gasteiger partial charge >= 0.3 is 0 Å². The molecule has 1 N–H and O–H groups in total. The molecule has 1 aliphatic heterocycles. The van der Waals surface area contributed by atoms with Crippen molar-refractivity contribution in [2.24, 2.45) is 5.92 Å². The zero-order valence-corrected chi connectivity index (χ0v) is 16.9. The summed E-state index contributed by atoms with van der Waals surface area (Å²) in [5, 5.41) is 2.97. The Labute approximate surface area is 167 Å². The summed E-state index contributed by atoms with van der Waals surface area (Å²) in [6.45, 7) is 5.74. The lowest BCUT2D eigenvalue weighted by molar-refractivity contribution is -0.133. The summed E-state index contributed by atoms with van der Waals surface area (Å²) in [5.74, 6) is 0.122. The van der Waals surface area contributed by atoms with Crippen LogP contribution in [0.3, 0.4) is 0 Å². The molecule has 0 atom stereocenters. The maximum Gasteiger partial charge on any atom is 0.242 e. The molecule has 2 amide bonds. The molecule has 1 aliphatic rings. The Morgan fingerprint density at radius 2 is 1.75 bits per heavy atom. The second-order valence-corrected chi connectivity index (χ2v) is 7.66. The van der Waals surface area contributed by atoms with E-state index in [0.29, 0.717) is 32.5 Å². The number of para-hydroxylation sites is 1. The molecular weight excluding hydrogens is 350 g/mol. The van der Waals surface area contributed by atoms with Crippen molar-refractivity contribution in [2.45, 2.75) is 26.7 Å². The molecule has 1 fully saturated rings. The molecule has 0 bridgehead atoms. The van der Waals surface area contributed by atoms with Crippen molar-refractivity contribution in [1.82, 2.24) is 4.90 Å². The van der Waals surface area contributed by atoms with Gasteiger partial charge in [0.25, 0.3) is 0 Å². The van der Waals surface area contributed by atoms with Crippen LogP contribution < -0.4 is 10.2 Å². The van der Waals surface area contributed by atoms with Crippen LogP contribution in [0.1, 0.15) is 24.0 Å². The summed E-state index contributed by atoms with van der Waals surface area (Å²) in [4.78, 5) is 29.1. The van der Waals surface area contributed by atoms with Crippen LogP contribution in [-0.2, 0) is 9.59 Å². The number of likely N-dealkylation sites (tertiary alicyclic amines) is 1. The third-order valence-corrected chi connectivity index (χ3v) is 5.41. The van der Waals surface area contributed by atoms with E-state index < -0.39 is 0 Å². The van der Waals surface area contributed by atoms with Crippen molar-refractivity contribution in [2.75, 3.05) is 36.9 Å². The van der Waals surface area contributed by atoms with Crippen molar-refractivity contribution in [3.8, 4) is 0 Å². The van der Waals surface area contributed by atoms with Crippen molar-refractivity contribution < 1.29 is 9.59 Å². The molecule has 0 aromatic heterocycles. The highest BCUT2D eigenvalue weighted by atomic mass is 16.2. The minimum atomic E-state index is -0.0407. The fourth-order valence-corrected chi connectivity index (χ4v) is 3.68. The first kappa shape index (κ1) is 19.9. The molecule has 1 heterocycles. The second-order valence-electron chi connectivity index (χ2n) is 7.66. The first-order valence-electron chi connectivity index (χ1n) is 9.86. The van der Waals surface area contributed by atoms with E-state index in [1.165, 1.54) is 5.56 Å². The maximum atomic E-state index is 12.7. The summed E-state index contributed by atoms with van der Waals surface area (Å²) >= 11 is 0. The van der Waals surface area contributed by atoms with Gasteiger partial charge in [-0.05, 0) is 56.0 Å². The average molecular weight is 380 g/mol. The summed E-state index contributed by atoms with van der Waals surface area (Å²) in [7, 11) is 1.96. The number of aryl methyl sites for hydroxylation is 2. The first-order valence-corrected chi connectivity index (χ1v) is 9.86. The Morgan fingerprint density at radius 3 is 2.43 bits per heavy atom. The lowest BCUT2D eigenvalue weighted by atomic mass is 9.95. The number of carbonyl (C=O) groups excluding carboxylic acids is 2. The van der Waals surface area contributed by atoms with Gasteiger partial charge in [-0.2, -0.15) is 0 Å². The Morgan fingerprint density at radius 1 is 1.07 bits per heavy atom. The van der Waals surface area contributed by atoms with Crippen LogP contribution >= 0.6 is 0 Å². The van der Waals surface area contributed by atoms with E-state index in [4.69, 9.17) is 0 Å². The summed E-state index contributed by atoms with van der Waals surface area (Å²) in [6, 6.07) is 15.8. The lowest BCUT2D eigenvalue weighted by Crippen LogP contribution is -2.45. The first-order chi connectivity index (χ1) is 13.4. The minimum Gasteiger partial charge on any atom is -0.365 e. The molecule has 2 aromatic carbocycles. The van der Waals surface area contributed by atoms with E-state index in [1.807, 2.05) is 47.2 Å². The zero-order chi connectivity index (χ0) is 20.1. The molecule has 5 heteroatoms. The highest BCUT2D eigenvalue weighted by Gasteiger charge is 2.27. The van der Waals surface area contributed by atoms with Crippen LogP contribution in [0.4, 0.5) is 11.4 Å². The topological polar surface area (TPSA) is 52.7 Å². The lowest BCUT2D eigenvalue weighted by Gasteiger charge is -2.33. The zero-order valence-electron chi connectivity index (χ0n) is 16.9. The highest BCUT2D eigenvalue weighted by molar-refractivity contribution is 5.92. The number of hydrogen-bond donors (Lipinski definition) is 1. The van der Waals surface area contributed by atoms with E-state index >= 15 is 0 Å². The minimum absolute atomic E-state index is 0.0407. The van der Waals surface area contributed by atoms with Crippen LogP contribution in [0.2, 0.25) is 0 Å². The van der Waals surface area contributed by atoms with Crippen molar-refractivity contribution >= 4 is 23.2 Å². The van der Waals surface area contributed by atoms with E-state index in [0.717, 1.165) is 16.9 Å². The molecule has 3 rings (SSSR count). The van der Waals surface area contributed by atoms with Gasteiger partial charge in [-0.3, -0.25) is 9.59 Å². The van der Waals surface area contributed by atoms with Crippen molar-refractivity contribution in [3.63, 3.8) is 0 Å². The van der Waals surface area contributed by atoms with Gasteiger partial charge in [-0.25, -0.2) is 0 Å². The Hall–Kier alpha value is -2.82. The highest BCUT2D eigenvalue weighted by Crippen LogP contribution is 2.22. The predicted molar refractivity (Wildman–Crippen MR) is 114 cm³/mol. The molecule has 148 valence electrons. The largest absolute Gasteiger partial charge is 0.365 e. The van der Waals surface area contributed by atoms with E-state index in [2.05, 4.69) is 37.4 Å². The van der Waals surface area contributed by atoms with Gasteiger partial charge in [-0.1, -0.05) is 30.3 Å². The molecule has 0 unspecified atom stereocenters. The van der Waals surface area contributed by atoms with Gasteiger partial charge in [0.1, 0.15) is 0 Å². The number of hydrogen-bond acceptors (Lipinski definition) is 3. The molecular formula is C23H29N3O2. The van der Waals surface area contributed by atoms with Crippen molar-refractivity contribution in [1.29, 1.82) is 0 Å². The van der Waals surface area contributed by atoms with Gasteiger partial charge in [0.05, 0.1) is 6.54 Å². The van der Waals surface area contributed by atoms with Crippen LogP contribution in [0.5, 0.6) is 0 Å². The van der Waals surface area contributed by atoms with Crippen LogP contribution in [-0.4, -0.2) is 43.4 Å². The smallest absolute Gasteiger partial charge is 0.242 e. The standard InChI is InChI=1S/C23H29N3O2/c1-17-9-10-18(2)21(15-17)25(3)16-22(27)26-13-11-19(12-14-26)23(28)24-20-7-5-4-6-8-20/h4-10,15,19H,11-14,16H2,1-3H3,(H,24,28). The fourth-order valence-electron chi connectivity index (χ4n) is 3.68. The van der Waals surface area contributed by atoms with Gasteiger partial charge < -0.3 is 15.1 Å². The van der Waals surface area contributed by atoms with Gasteiger partial charge in [0.2, 0.25) is 11.8 Å². The monoisotopic (exact) mass is 379 g/mol. The van der Waals surface area contributed by atoms with Crippen LogP contribution in [0.25, 0.3) is 0 Å². The van der Waals surface area contributed by atoms with E-state index in [1.54, 1.807) is 0 Å². The van der Waals surface area contributed by atoms with Crippen LogP contribution in [0, 0.1) is 19.8 Å². The normalized spacial score (nSPS) is 14.6. The molecule has 0 saturated carbocycles.